The Labute approximate surface area is 102 Å². The Hall–Kier alpha value is -0.730. The van der Waals surface area contributed by atoms with Gasteiger partial charge in [0.15, 0.2) is 0 Å². The van der Waals surface area contributed by atoms with Crippen molar-refractivity contribution in [1.82, 2.24) is 0 Å². The third-order valence-corrected chi connectivity index (χ3v) is 3.77. The molecule has 1 aliphatic rings. The summed E-state index contributed by atoms with van der Waals surface area (Å²) < 4.78 is 0. The topological polar surface area (TPSA) is 38.0 Å². The minimum Gasteiger partial charge on any atom is -0.380 e. The number of rotatable bonds is 4. The lowest BCUT2D eigenvalue weighted by atomic mass is 9.98. The predicted molar refractivity (Wildman–Crippen MR) is 69.9 cm³/mol. The zero-order valence-electron chi connectivity index (χ0n) is 9.45. The van der Waals surface area contributed by atoms with E-state index in [-0.39, 0.29) is 0 Å². The largest absolute Gasteiger partial charge is 0.380 e. The number of anilines is 1. The predicted octanol–water partition coefficient (Wildman–Crippen LogP) is 3.27. The Balaban J connectivity index is 2.03. The molecule has 0 aromatic heterocycles. The van der Waals surface area contributed by atoms with Crippen molar-refractivity contribution >= 4 is 17.3 Å². The van der Waals surface area contributed by atoms with Gasteiger partial charge in [0.1, 0.15) is 0 Å². The minimum absolute atomic E-state index is 0.363. The van der Waals surface area contributed by atoms with Gasteiger partial charge in [-0.1, -0.05) is 36.6 Å². The number of hydrogen-bond acceptors (Lipinski definition) is 2. The van der Waals surface area contributed by atoms with Crippen molar-refractivity contribution < 1.29 is 0 Å². The minimum atomic E-state index is 0.363. The van der Waals surface area contributed by atoms with Gasteiger partial charge in [0.05, 0.1) is 10.7 Å². The highest BCUT2D eigenvalue weighted by atomic mass is 35.5. The van der Waals surface area contributed by atoms with Gasteiger partial charge in [-0.3, -0.25) is 0 Å². The molecule has 1 saturated carbocycles. The summed E-state index contributed by atoms with van der Waals surface area (Å²) in [6.07, 6.45) is 5.26. The van der Waals surface area contributed by atoms with Crippen molar-refractivity contribution in [2.75, 3.05) is 11.9 Å². The van der Waals surface area contributed by atoms with Gasteiger partial charge in [0.2, 0.25) is 0 Å². The summed E-state index contributed by atoms with van der Waals surface area (Å²) in [5, 5.41) is 4.26. The SMILES string of the molecule is NCC(Nc1ccccc1Cl)C1CCCC1. The van der Waals surface area contributed by atoms with E-state index >= 15 is 0 Å². The number of nitrogens with one attached hydrogen (secondary N) is 1. The number of para-hydroxylation sites is 1. The van der Waals surface area contributed by atoms with Gasteiger partial charge >= 0.3 is 0 Å². The Morgan fingerprint density at radius 1 is 1.31 bits per heavy atom. The number of nitrogens with two attached hydrogens (primary N) is 1. The van der Waals surface area contributed by atoms with Crippen molar-refractivity contribution in [3.63, 3.8) is 0 Å². The molecule has 2 nitrogen and oxygen atoms in total. The van der Waals surface area contributed by atoms with Crippen LogP contribution in [0.25, 0.3) is 0 Å². The molecule has 0 amide bonds. The maximum atomic E-state index is 6.13. The first kappa shape index (κ1) is 11.7. The molecule has 0 aliphatic heterocycles. The van der Waals surface area contributed by atoms with Crippen LogP contribution in [0.4, 0.5) is 5.69 Å². The van der Waals surface area contributed by atoms with Crippen LogP contribution in [-0.2, 0) is 0 Å². The van der Waals surface area contributed by atoms with Gasteiger partial charge in [-0.15, -0.1) is 0 Å². The second-order valence-electron chi connectivity index (χ2n) is 4.51. The summed E-state index contributed by atoms with van der Waals surface area (Å²) in [5.41, 5.74) is 6.85. The third kappa shape index (κ3) is 2.69. The van der Waals surface area contributed by atoms with E-state index in [1.54, 1.807) is 0 Å². The summed E-state index contributed by atoms with van der Waals surface area (Å²) in [6, 6.07) is 8.23. The van der Waals surface area contributed by atoms with Crippen LogP contribution in [0.1, 0.15) is 25.7 Å². The van der Waals surface area contributed by atoms with Crippen LogP contribution in [0, 0.1) is 5.92 Å². The smallest absolute Gasteiger partial charge is 0.0637 e. The van der Waals surface area contributed by atoms with E-state index in [1.165, 1.54) is 25.7 Å². The summed E-state index contributed by atoms with van der Waals surface area (Å²) in [4.78, 5) is 0. The quantitative estimate of drug-likeness (QED) is 0.845. The number of hydrogen-bond donors (Lipinski definition) is 2. The van der Waals surface area contributed by atoms with Gasteiger partial charge in [-0.05, 0) is 30.9 Å². The molecule has 3 N–H and O–H groups in total. The lowest BCUT2D eigenvalue weighted by Crippen LogP contribution is -2.35. The summed E-state index contributed by atoms with van der Waals surface area (Å²) in [5.74, 6) is 0.710. The van der Waals surface area contributed by atoms with E-state index in [9.17, 15) is 0 Å². The normalized spacial score (nSPS) is 18.6. The molecule has 1 atom stereocenters. The fourth-order valence-electron chi connectivity index (χ4n) is 2.51. The van der Waals surface area contributed by atoms with E-state index in [4.69, 9.17) is 17.3 Å². The van der Waals surface area contributed by atoms with E-state index in [0.29, 0.717) is 18.5 Å². The van der Waals surface area contributed by atoms with E-state index < -0.39 is 0 Å². The highest BCUT2D eigenvalue weighted by Crippen LogP contribution is 2.30. The van der Waals surface area contributed by atoms with Crippen LogP contribution < -0.4 is 11.1 Å². The molecule has 0 heterocycles. The molecular weight excluding hydrogens is 220 g/mol. The molecule has 3 heteroatoms. The molecule has 1 fully saturated rings. The van der Waals surface area contributed by atoms with Crippen molar-refractivity contribution in [2.45, 2.75) is 31.7 Å². The third-order valence-electron chi connectivity index (χ3n) is 3.44. The van der Waals surface area contributed by atoms with Crippen molar-refractivity contribution in [1.29, 1.82) is 0 Å². The standard InChI is InChI=1S/C13H19ClN2/c14-11-7-3-4-8-12(11)16-13(9-15)10-5-1-2-6-10/h3-4,7-8,10,13,16H,1-2,5-6,9,15H2. The van der Waals surface area contributed by atoms with Gasteiger partial charge in [0.25, 0.3) is 0 Å². The Morgan fingerprint density at radius 3 is 2.62 bits per heavy atom. The van der Waals surface area contributed by atoms with E-state index in [2.05, 4.69) is 5.32 Å². The Kier molecular flexibility index (Phi) is 4.08. The lowest BCUT2D eigenvalue weighted by molar-refractivity contribution is 0.462. The van der Waals surface area contributed by atoms with Crippen LogP contribution in [0.3, 0.4) is 0 Å². The van der Waals surface area contributed by atoms with Gasteiger partial charge in [0, 0.05) is 12.6 Å². The van der Waals surface area contributed by atoms with Crippen LogP contribution in [0.5, 0.6) is 0 Å². The van der Waals surface area contributed by atoms with Gasteiger partial charge in [-0.25, -0.2) is 0 Å². The number of halogens is 1. The van der Waals surface area contributed by atoms with Crippen LogP contribution in [0.2, 0.25) is 5.02 Å². The summed E-state index contributed by atoms with van der Waals surface area (Å²) >= 11 is 6.13. The molecule has 1 aromatic carbocycles. The summed E-state index contributed by atoms with van der Waals surface area (Å²) in [6.45, 7) is 0.676. The second kappa shape index (κ2) is 5.55. The molecule has 1 aromatic rings. The van der Waals surface area contributed by atoms with Gasteiger partial charge in [-0.2, -0.15) is 0 Å². The monoisotopic (exact) mass is 238 g/mol. The lowest BCUT2D eigenvalue weighted by Gasteiger charge is -2.24. The zero-order valence-corrected chi connectivity index (χ0v) is 10.2. The highest BCUT2D eigenvalue weighted by molar-refractivity contribution is 6.33. The highest BCUT2D eigenvalue weighted by Gasteiger charge is 2.24. The maximum absolute atomic E-state index is 6.13. The fourth-order valence-corrected chi connectivity index (χ4v) is 2.70. The first-order valence-electron chi connectivity index (χ1n) is 6.02. The van der Waals surface area contributed by atoms with Crippen LogP contribution >= 0.6 is 11.6 Å². The Morgan fingerprint density at radius 2 is 2.00 bits per heavy atom. The molecule has 0 radical (unpaired) electrons. The van der Waals surface area contributed by atoms with E-state index in [1.807, 2.05) is 24.3 Å². The molecule has 1 unspecified atom stereocenters. The van der Waals surface area contributed by atoms with Crippen LogP contribution in [0.15, 0.2) is 24.3 Å². The molecule has 88 valence electrons. The van der Waals surface area contributed by atoms with Crippen molar-refractivity contribution in [3.05, 3.63) is 29.3 Å². The Bertz CT molecular complexity index is 334. The molecule has 0 saturated heterocycles. The molecule has 0 spiro atoms. The zero-order chi connectivity index (χ0) is 11.4. The molecular formula is C13H19ClN2. The second-order valence-corrected chi connectivity index (χ2v) is 4.92. The molecule has 0 bridgehead atoms. The number of benzene rings is 1. The first-order valence-corrected chi connectivity index (χ1v) is 6.40. The molecule has 16 heavy (non-hydrogen) atoms. The maximum Gasteiger partial charge on any atom is 0.0637 e. The fraction of sp³-hybridized carbons (Fsp3) is 0.538. The van der Waals surface area contributed by atoms with Crippen LogP contribution in [-0.4, -0.2) is 12.6 Å². The molecule has 1 aliphatic carbocycles. The first-order chi connectivity index (χ1) is 7.81. The van der Waals surface area contributed by atoms with Crippen molar-refractivity contribution in [2.24, 2.45) is 11.7 Å². The average Bonchev–Trinajstić information content (AvgIpc) is 2.81. The van der Waals surface area contributed by atoms with Gasteiger partial charge < -0.3 is 11.1 Å². The average molecular weight is 239 g/mol. The summed E-state index contributed by atoms with van der Waals surface area (Å²) in [7, 11) is 0. The molecule has 2 rings (SSSR count). The van der Waals surface area contributed by atoms with E-state index in [0.717, 1.165) is 10.7 Å². The van der Waals surface area contributed by atoms with Crippen molar-refractivity contribution in [3.8, 4) is 0 Å².